The molecule has 1 heterocycles. The van der Waals surface area contributed by atoms with Crippen LogP contribution in [0.2, 0.25) is 0 Å². The number of methoxy groups -OCH3 is 1. The first-order valence-corrected chi connectivity index (χ1v) is 10.4. The van der Waals surface area contributed by atoms with E-state index in [0.717, 1.165) is 21.0 Å². The molecule has 0 saturated carbocycles. The van der Waals surface area contributed by atoms with E-state index in [-0.39, 0.29) is 18.8 Å². The predicted octanol–water partition coefficient (Wildman–Crippen LogP) is 3.11. The molecular weight excluding hydrogens is 464 g/mol. The largest absolute Gasteiger partial charge is 0.383 e. The number of aryl methyl sites for hydroxylation is 2. The highest BCUT2D eigenvalue weighted by Crippen LogP contribution is 2.24. The molecule has 0 spiro atoms. The Balaban J connectivity index is 1.92. The van der Waals surface area contributed by atoms with Crippen LogP contribution in [-0.4, -0.2) is 42.7 Å². The normalized spacial score (nSPS) is 10.7. The van der Waals surface area contributed by atoms with Crippen molar-refractivity contribution in [3.8, 4) is 0 Å². The van der Waals surface area contributed by atoms with E-state index in [4.69, 9.17) is 4.74 Å². The van der Waals surface area contributed by atoms with Gasteiger partial charge in [-0.2, -0.15) is 0 Å². The Labute approximate surface area is 188 Å². The number of fused-ring (bicyclic) bond motifs is 1. The minimum atomic E-state index is -0.892. The monoisotopic (exact) mass is 486 g/mol. The van der Waals surface area contributed by atoms with Gasteiger partial charge in [0.05, 0.1) is 12.1 Å². The van der Waals surface area contributed by atoms with Gasteiger partial charge in [0.2, 0.25) is 0 Å². The highest BCUT2D eigenvalue weighted by atomic mass is 79.9. The molecule has 3 amide bonds. The Hall–Kier alpha value is -3.17. The third-order valence-electron chi connectivity index (χ3n) is 4.64. The van der Waals surface area contributed by atoms with Crippen molar-refractivity contribution in [2.45, 2.75) is 13.8 Å². The van der Waals surface area contributed by atoms with Crippen LogP contribution in [0.25, 0.3) is 10.9 Å². The van der Waals surface area contributed by atoms with Crippen LogP contribution in [0.4, 0.5) is 5.69 Å². The van der Waals surface area contributed by atoms with Crippen LogP contribution in [0.5, 0.6) is 0 Å². The van der Waals surface area contributed by atoms with Crippen LogP contribution in [0.15, 0.2) is 46.9 Å². The first-order chi connectivity index (χ1) is 14.8. The lowest BCUT2D eigenvalue weighted by molar-refractivity contribution is -0.136. The van der Waals surface area contributed by atoms with E-state index in [1.54, 1.807) is 18.2 Å². The number of rotatable bonds is 6. The summed E-state index contributed by atoms with van der Waals surface area (Å²) in [6, 6.07) is 12.7. The minimum absolute atomic E-state index is 0.186. The van der Waals surface area contributed by atoms with E-state index in [9.17, 15) is 14.4 Å². The first kappa shape index (κ1) is 22.5. The predicted molar refractivity (Wildman–Crippen MR) is 123 cm³/mol. The maximum absolute atomic E-state index is 13.1. The van der Waals surface area contributed by atoms with Crippen LogP contribution in [-0.2, 0) is 14.3 Å². The summed E-state index contributed by atoms with van der Waals surface area (Å²) in [6.45, 7) is 4.36. The van der Waals surface area contributed by atoms with Crippen molar-refractivity contribution in [3.63, 3.8) is 0 Å². The van der Waals surface area contributed by atoms with Crippen molar-refractivity contribution in [3.05, 3.63) is 63.8 Å². The number of amides is 3. The van der Waals surface area contributed by atoms with Crippen LogP contribution in [0, 0.1) is 13.8 Å². The number of halogens is 1. The fourth-order valence-corrected chi connectivity index (χ4v) is 3.49. The highest BCUT2D eigenvalue weighted by molar-refractivity contribution is 9.10. The second kappa shape index (κ2) is 9.76. The zero-order valence-corrected chi connectivity index (χ0v) is 19.0. The lowest BCUT2D eigenvalue weighted by Gasteiger charge is -2.13. The van der Waals surface area contributed by atoms with Gasteiger partial charge >= 0.3 is 11.8 Å². The Morgan fingerprint density at radius 1 is 1.03 bits per heavy atom. The smallest absolute Gasteiger partial charge is 0.328 e. The third kappa shape index (κ3) is 5.31. The molecular formula is C22H23BrN4O4. The molecule has 3 rings (SSSR count). The van der Waals surface area contributed by atoms with Gasteiger partial charge in [-0.1, -0.05) is 33.6 Å². The number of nitrogens with zero attached hydrogens (tertiary/aromatic N) is 1. The molecule has 0 aliphatic rings. The van der Waals surface area contributed by atoms with Crippen molar-refractivity contribution in [1.82, 2.24) is 9.99 Å². The molecule has 1 aromatic heterocycles. The average molecular weight is 487 g/mol. The van der Waals surface area contributed by atoms with Gasteiger partial charge in [0.15, 0.2) is 0 Å². The van der Waals surface area contributed by atoms with Gasteiger partial charge in [-0.3, -0.25) is 19.8 Å². The van der Waals surface area contributed by atoms with Crippen molar-refractivity contribution >= 4 is 50.2 Å². The highest BCUT2D eigenvalue weighted by Gasteiger charge is 2.21. The fourth-order valence-electron chi connectivity index (χ4n) is 3.11. The molecule has 8 nitrogen and oxygen atoms in total. The van der Waals surface area contributed by atoms with Gasteiger partial charge in [0.25, 0.3) is 5.91 Å². The van der Waals surface area contributed by atoms with Crippen molar-refractivity contribution in [2.75, 3.05) is 31.0 Å². The number of carbonyl (C=O) groups excluding carboxylic acids is 3. The number of hydrogen-bond acceptors (Lipinski definition) is 4. The van der Waals surface area contributed by atoms with Gasteiger partial charge < -0.3 is 15.4 Å². The van der Waals surface area contributed by atoms with E-state index in [1.165, 1.54) is 11.8 Å². The number of anilines is 1. The molecule has 0 saturated heterocycles. The second-order valence-electron chi connectivity index (χ2n) is 7.03. The number of benzene rings is 2. The summed E-state index contributed by atoms with van der Waals surface area (Å²) in [5, 5.41) is 6.05. The van der Waals surface area contributed by atoms with E-state index < -0.39 is 17.7 Å². The second-order valence-corrected chi connectivity index (χ2v) is 7.95. The van der Waals surface area contributed by atoms with Crippen molar-refractivity contribution < 1.29 is 19.1 Å². The SMILES string of the molecule is COCCNC(=O)C(=O)Nn1c(C(=O)Nc2ccc(C)cc2C)cc2cc(Br)ccc21. The van der Waals surface area contributed by atoms with Crippen LogP contribution in [0.3, 0.4) is 0 Å². The topological polar surface area (TPSA) is 101 Å². The molecule has 162 valence electrons. The van der Waals surface area contributed by atoms with Gasteiger partial charge in [0, 0.05) is 29.2 Å². The van der Waals surface area contributed by atoms with Gasteiger partial charge in [-0.05, 0) is 49.7 Å². The number of carbonyl (C=O) groups is 3. The number of aromatic nitrogens is 1. The molecule has 0 bridgehead atoms. The standard InChI is InChI=1S/C22H23BrN4O4/c1-13-4-6-17(14(2)10-13)25-20(28)19-12-15-11-16(23)5-7-18(15)27(19)26-22(30)21(29)24-8-9-31-3/h4-7,10-12H,8-9H2,1-3H3,(H,24,29)(H,25,28)(H,26,30). The van der Waals surface area contributed by atoms with Crippen LogP contribution >= 0.6 is 15.9 Å². The van der Waals surface area contributed by atoms with Crippen molar-refractivity contribution in [1.29, 1.82) is 0 Å². The summed E-state index contributed by atoms with van der Waals surface area (Å²) in [7, 11) is 1.50. The van der Waals surface area contributed by atoms with Gasteiger partial charge in [-0.15, -0.1) is 0 Å². The van der Waals surface area contributed by atoms with E-state index in [2.05, 4.69) is 32.0 Å². The summed E-state index contributed by atoms with van der Waals surface area (Å²) >= 11 is 3.41. The molecule has 3 N–H and O–H groups in total. The quantitative estimate of drug-likeness (QED) is 0.368. The summed E-state index contributed by atoms with van der Waals surface area (Å²) in [4.78, 5) is 37.6. The number of nitrogens with one attached hydrogen (secondary N) is 3. The van der Waals surface area contributed by atoms with Crippen LogP contribution < -0.4 is 16.1 Å². The molecule has 0 atom stereocenters. The lowest BCUT2D eigenvalue weighted by Crippen LogP contribution is -2.40. The Morgan fingerprint density at radius 3 is 2.52 bits per heavy atom. The first-order valence-electron chi connectivity index (χ1n) is 9.58. The molecule has 0 radical (unpaired) electrons. The number of ether oxygens (including phenoxy) is 1. The Morgan fingerprint density at radius 2 is 1.81 bits per heavy atom. The zero-order chi connectivity index (χ0) is 22.5. The number of hydrogen-bond donors (Lipinski definition) is 3. The molecule has 0 fully saturated rings. The average Bonchev–Trinajstić information content (AvgIpc) is 3.07. The molecule has 9 heteroatoms. The zero-order valence-electron chi connectivity index (χ0n) is 17.4. The molecule has 0 unspecified atom stereocenters. The maximum atomic E-state index is 13.1. The molecule has 0 aliphatic heterocycles. The molecule has 3 aromatic rings. The molecule has 0 aliphatic carbocycles. The fraction of sp³-hybridized carbons (Fsp3) is 0.227. The lowest BCUT2D eigenvalue weighted by atomic mass is 10.1. The van der Waals surface area contributed by atoms with Gasteiger partial charge in [-0.25, -0.2) is 4.68 Å². The summed E-state index contributed by atoms with van der Waals surface area (Å²) in [5.41, 5.74) is 5.95. The third-order valence-corrected chi connectivity index (χ3v) is 5.13. The van der Waals surface area contributed by atoms with Crippen LogP contribution in [0.1, 0.15) is 21.6 Å². The van der Waals surface area contributed by atoms with Crippen molar-refractivity contribution in [2.24, 2.45) is 0 Å². The molecule has 2 aromatic carbocycles. The van der Waals surface area contributed by atoms with E-state index >= 15 is 0 Å². The Bertz CT molecular complexity index is 1160. The van der Waals surface area contributed by atoms with Gasteiger partial charge in [0.1, 0.15) is 5.69 Å². The summed E-state index contributed by atoms with van der Waals surface area (Å²) in [6.07, 6.45) is 0. The van der Waals surface area contributed by atoms with E-state index in [0.29, 0.717) is 11.2 Å². The minimum Gasteiger partial charge on any atom is -0.383 e. The summed E-state index contributed by atoms with van der Waals surface area (Å²) in [5.74, 6) is -2.13. The van der Waals surface area contributed by atoms with E-state index in [1.807, 2.05) is 38.1 Å². The maximum Gasteiger partial charge on any atom is 0.328 e. The molecule has 31 heavy (non-hydrogen) atoms. The Kier molecular flexibility index (Phi) is 7.09. The summed E-state index contributed by atoms with van der Waals surface area (Å²) < 4.78 is 7.00.